The van der Waals surface area contributed by atoms with E-state index in [0.717, 1.165) is 5.52 Å². The molecule has 0 spiro atoms. The Morgan fingerprint density at radius 2 is 2.06 bits per heavy atom. The van der Waals surface area contributed by atoms with Crippen molar-refractivity contribution in [2.45, 2.75) is 19.5 Å². The molecular formula is C12H12FNO2. The first kappa shape index (κ1) is 10.7. The predicted molar refractivity (Wildman–Crippen MR) is 59.4 cm³/mol. The Morgan fingerprint density at radius 1 is 1.38 bits per heavy atom. The predicted octanol–water partition coefficient (Wildman–Crippen LogP) is 3.07. The molecule has 3 nitrogen and oxygen atoms in total. The van der Waals surface area contributed by atoms with Gasteiger partial charge in [-0.25, -0.2) is 9.18 Å². The number of carboxylic acid groups (broad SMARTS) is 1. The minimum Gasteiger partial charge on any atom is -0.478 e. The van der Waals surface area contributed by atoms with E-state index in [9.17, 15) is 9.18 Å². The first-order valence-corrected chi connectivity index (χ1v) is 4.93. The zero-order valence-electron chi connectivity index (χ0n) is 9.04. The standard InChI is InChI=1S/C12H12FNO2/c1-12(2,13)10-6-8-5-7(11(15)16)3-4-9(8)14-10/h3-6,14H,1-2H3,(H,15,16). The summed E-state index contributed by atoms with van der Waals surface area (Å²) in [7, 11) is 0. The van der Waals surface area contributed by atoms with E-state index in [0.29, 0.717) is 11.1 Å². The van der Waals surface area contributed by atoms with Crippen LogP contribution in [-0.4, -0.2) is 16.1 Å². The molecule has 4 heteroatoms. The number of fused-ring (bicyclic) bond motifs is 1. The molecule has 0 unspecified atom stereocenters. The first-order chi connectivity index (χ1) is 7.38. The maximum absolute atomic E-state index is 13.7. The molecule has 0 atom stereocenters. The zero-order valence-corrected chi connectivity index (χ0v) is 9.04. The van der Waals surface area contributed by atoms with Gasteiger partial charge in [-0.2, -0.15) is 0 Å². The van der Waals surface area contributed by atoms with Gasteiger partial charge in [-0.3, -0.25) is 0 Å². The Kier molecular flexibility index (Phi) is 2.22. The molecular weight excluding hydrogens is 209 g/mol. The van der Waals surface area contributed by atoms with Crippen LogP contribution in [-0.2, 0) is 5.67 Å². The van der Waals surface area contributed by atoms with Gasteiger partial charge in [-0.05, 0) is 38.1 Å². The SMILES string of the molecule is CC(C)(F)c1cc2cc(C(=O)O)ccc2[nH]1. The van der Waals surface area contributed by atoms with E-state index < -0.39 is 11.6 Å². The van der Waals surface area contributed by atoms with E-state index in [1.165, 1.54) is 26.0 Å². The number of nitrogens with one attached hydrogen (secondary N) is 1. The summed E-state index contributed by atoms with van der Waals surface area (Å²) in [4.78, 5) is 13.7. The maximum Gasteiger partial charge on any atom is 0.335 e. The van der Waals surface area contributed by atoms with Crippen LogP contribution in [0.25, 0.3) is 10.9 Å². The molecule has 0 amide bonds. The largest absolute Gasteiger partial charge is 0.478 e. The second-order valence-corrected chi connectivity index (χ2v) is 4.26. The molecule has 16 heavy (non-hydrogen) atoms. The lowest BCUT2D eigenvalue weighted by molar-refractivity contribution is 0.0697. The lowest BCUT2D eigenvalue weighted by Crippen LogP contribution is -2.08. The van der Waals surface area contributed by atoms with E-state index in [4.69, 9.17) is 5.11 Å². The van der Waals surface area contributed by atoms with Gasteiger partial charge in [0.05, 0.1) is 11.3 Å². The van der Waals surface area contributed by atoms with Gasteiger partial charge in [-0.15, -0.1) is 0 Å². The molecule has 1 aromatic heterocycles. The van der Waals surface area contributed by atoms with Crippen LogP contribution in [0.2, 0.25) is 0 Å². The maximum atomic E-state index is 13.7. The molecule has 1 aromatic carbocycles. The van der Waals surface area contributed by atoms with Gasteiger partial charge in [0.1, 0.15) is 5.67 Å². The number of H-pyrrole nitrogens is 1. The highest BCUT2D eigenvalue weighted by Gasteiger charge is 2.21. The summed E-state index contributed by atoms with van der Waals surface area (Å²) in [6.07, 6.45) is 0. The number of hydrogen-bond donors (Lipinski definition) is 2. The van der Waals surface area contributed by atoms with Crippen molar-refractivity contribution in [2.75, 3.05) is 0 Å². The van der Waals surface area contributed by atoms with Crippen molar-refractivity contribution in [1.82, 2.24) is 4.98 Å². The first-order valence-electron chi connectivity index (χ1n) is 4.93. The number of benzene rings is 1. The number of aromatic nitrogens is 1. The van der Waals surface area contributed by atoms with Crippen molar-refractivity contribution in [2.24, 2.45) is 0 Å². The minimum absolute atomic E-state index is 0.203. The average molecular weight is 221 g/mol. The van der Waals surface area contributed by atoms with Crippen LogP contribution in [0, 0.1) is 0 Å². The lowest BCUT2D eigenvalue weighted by Gasteiger charge is -2.10. The molecule has 2 rings (SSSR count). The van der Waals surface area contributed by atoms with Gasteiger partial charge < -0.3 is 10.1 Å². The second kappa shape index (κ2) is 3.33. The molecule has 1 heterocycles. The topological polar surface area (TPSA) is 53.1 Å². The van der Waals surface area contributed by atoms with Gasteiger partial charge in [0.2, 0.25) is 0 Å². The fraction of sp³-hybridized carbons (Fsp3) is 0.250. The molecule has 0 fully saturated rings. The van der Waals surface area contributed by atoms with Crippen molar-refractivity contribution >= 4 is 16.9 Å². The van der Waals surface area contributed by atoms with E-state index in [1.54, 1.807) is 12.1 Å². The average Bonchev–Trinajstić information content (AvgIpc) is 2.58. The van der Waals surface area contributed by atoms with Crippen LogP contribution in [0.15, 0.2) is 24.3 Å². The summed E-state index contributed by atoms with van der Waals surface area (Å²) in [5, 5.41) is 9.54. The number of hydrogen-bond acceptors (Lipinski definition) is 1. The van der Waals surface area contributed by atoms with Crippen LogP contribution in [0.4, 0.5) is 4.39 Å². The normalized spacial score (nSPS) is 11.9. The van der Waals surface area contributed by atoms with E-state index in [1.807, 2.05) is 0 Å². The fourth-order valence-corrected chi connectivity index (χ4v) is 1.59. The Labute approximate surface area is 91.9 Å². The van der Waals surface area contributed by atoms with Crippen LogP contribution >= 0.6 is 0 Å². The second-order valence-electron chi connectivity index (χ2n) is 4.26. The number of carbonyl (C=O) groups is 1. The lowest BCUT2D eigenvalue weighted by atomic mass is 10.1. The number of rotatable bonds is 2. The van der Waals surface area contributed by atoms with Crippen molar-refractivity contribution in [3.05, 3.63) is 35.5 Å². The highest BCUT2D eigenvalue weighted by molar-refractivity contribution is 5.93. The summed E-state index contributed by atoms with van der Waals surface area (Å²) in [6, 6.07) is 6.31. The monoisotopic (exact) mass is 221 g/mol. The smallest absolute Gasteiger partial charge is 0.335 e. The van der Waals surface area contributed by atoms with Crippen molar-refractivity contribution < 1.29 is 14.3 Å². The molecule has 2 N–H and O–H groups in total. The molecule has 0 bridgehead atoms. The quantitative estimate of drug-likeness (QED) is 0.818. The third-order valence-electron chi connectivity index (χ3n) is 2.51. The van der Waals surface area contributed by atoms with Crippen molar-refractivity contribution in [3.63, 3.8) is 0 Å². The molecule has 0 aliphatic carbocycles. The van der Waals surface area contributed by atoms with Crippen LogP contribution in [0.5, 0.6) is 0 Å². The summed E-state index contributed by atoms with van der Waals surface area (Å²) < 4.78 is 13.7. The molecule has 0 aliphatic rings. The van der Waals surface area contributed by atoms with E-state index in [-0.39, 0.29) is 5.56 Å². The Bertz CT molecular complexity index is 552. The highest BCUT2D eigenvalue weighted by Crippen LogP contribution is 2.27. The van der Waals surface area contributed by atoms with E-state index in [2.05, 4.69) is 4.98 Å². The number of halogens is 1. The number of carboxylic acids is 1. The molecule has 2 aromatic rings. The number of aromatic amines is 1. The zero-order chi connectivity index (χ0) is 11.9. The minimum atomic E-state index is -1.46. The molecule has 0 radical (unpaired) electrons. The van der Waals surface area contributed by atoms with Gasteiger partial charge in [0.25, 0.3) is 0 Å². The number of aromatic carboxylic acids is 1. The fourth-order valence-electron chi connectivity index (χ4n) is 1.59. The van der Waals surface area contributed by atoms with Gasteiger partial charge >= 0.3 is 5.97 Å². The molecule has 0 saturated heterocycles. The van der Waals surface area contributed by atoms with Gasteiger partial charge in [0, 0.05) is 10.9 Å². The summed E-state index contributed by atoms with van der Waals surface area (Å²) in [5.74, 6) is -0.982. The molecule has 84 valence electrons. The highest BCUT2D eigenvalue weighted by atomic mass is 19.1. The Morgan fingerprint density at radius 3 is 2.62 bits per heavy atom. The summed E-state index contributed by atoms with van der Waals surface area (Å²) >= 11 is 0. The van der Waals surface area contributed by atoms with Gasteiger partial charge in [0.15, 0.2) is 0 Å². The van der Waals surface area contributed by atoms with Crippen LogP contribution in [0.1, 0.15) is 29.9 Å². The summed E-state index contributed by atoms with van der Waals surface area (Å²) in [6.45, 7) is 2.91. The van der Waals surface area contributed by atoms with Crippen molar-refractivity contribution in [1.29, 1.82) is 0 Å². The summed E-state index contributed by atoms with van der Waals surface area (Å²) in [5.41, 5.74) is -0.0620. The third-order valence-corrected chi connectivity index (χ3v) is 2.51. The third kappa shape index (κ3) is 1.78. The molecule has 0 aliphatic heterocycles. The van der Waals surface area contributed by atoms with Crippen LogP contribution in [0.3, 0.4) is 0 Å². The van der Waals surface area contributed by atoms with Gasteiger partial charge in [-0.1, -0.05) is 0 Å². The Balaban J connectivity index is 2.59. The van der Waals surface area contributed by atoms with Crippen LogP contribution < -0.4 is 0 Å². The Hall–Kier alpha value is -1.84. The number of alkyl halides is 1. The van der Waals surface area contributed by atoms with Crippen molar-refractivity contribution in [3.8, 4) is 0 Å². The molecule has 0 saturated carbocycles. The van der Waals surface area contributed by atoms with E-state index >= 15 is 0 Å².